The van der Waals surface area contributed by atoms with Crippen LogP contribution in [0.25, 0.3) is 0 Å². The molecule has 172 valence electrons. The molecular formula is C20H22F2N4O4S2. The summed E-state index contributed by atoms with van der Waals surface area (Å²) in [5, 5.41) is 13.8. The quantitative estimate of drug-likeness (QED) is 0.465. The van der Waals surface area contributed by atoms with Gasteiger partial charge in [-0.2, -0.15) is 0 Å². The molecule has 3 rings (SSSR count). The lowest BCUT2D eigenvalue weighted by Crippen LogP contribution is -2.39. The third-order valence-corrected chi connectivity index (χ3v) is 6.95. The van der Waals surface area contributed by atoms with Crippen molar-refractivity contribution >= 4 is 57.5 Å². The third-order valence-electron chi connectivity index (χ3n) is 4.86. The van der Waals surface area contributed by atoms with Gasteiger partial charge in [0.15, 0.2) is 10.9 Å². The van der Waals surface area contributed by atoms with Crippen LogP contribution in [-0.4, -0.2) is 40.3 Å². The lowest BCUT2D eigenvalue weighted by atomic mass is 10.1. The molecule has 1 aromatic heterocycles. The van der Waals surface area contributed by atoms with Crippen molar-refractivity contribution in [1.82, 2.24) is 4.98 Å². The zero-order valence-electron chi connectivity index (χ0n) is 17.2. The number of anilines is 3. The number of hydrogen-bond acceptors (Lipinski definition) is 6. The van der Waals surface area contributed by atoms with E-state index in [9.17, 15) is 18.8 Å². The molecule has 3 N–H and O–H groups in total. The Morgan fingerprint density at radius 2 is 1.97 bits per heavy atom. The van der Waals surface area contributed by atoms with Gasteiger partial charge in [0, 0.05) is 13.5 Å². The monoisotopic (exact) mass is 484 g/mol. The predicted octanol–water partition coefficient (Wildman–Crippen LogP) is 4.79. The highest BCUT2D eigenvalue weighted by atomic mass is 32.2. The highest BCUT2D eigenvalue weighted by molar-refractivity contribution is 8.01. The molecule has 2 aromatic rings. The zero-order chi connectivity index (χ0) is 23.3. The average molecular weight is 485 g/mol. The summed E-state index contributed by atoms with van der Waals surface area (Å²) in [4.78, 5) is 40.4. The van der Waals surface area contributed by atoms with Crippen molar-refractivity contribution in [2.24, 2.45) is 5.92 Å². The Morgan fingerprint density at radius 3 is 2.62 bits per heavy atom. The van der Waals surface area contributed by atoms with E-state index in [0.29, 0.717) is 4.21 Å². The summed E-state index contributed by atoms with van der Waals surface area (Å²) < 4.78 is 29.9. The first kappa shape index (κ1) is 23.9. The van der Waals surface area contributed by atoms with Crippen LogP contribution in [0.3, 0.4) is 0 Å². The minimum absolute atomic E-state index is 0.143. The molecule has 0 bridgehead atoms. The van der Waals surface area contributed by atoms with E-state index >= 15 is 4.39 Å². The van der Waals surface area contributed by atoms with Gasteiger partial charge in [-0.15, -0.1) is 11.8 Å². The maximum atomic E-state index is 15.1. The molecule has 0 radical (unpaired) electrons. The number of halogens is 2. The van der Waals surface area contributed by atoms with Gasteiger partial charge in [-0.25, -0.2) is 18.6 Å². The number of thioether (sulfide) groups is 1. The standard InChI is InChI=1S/C20H22F2N4O4S2/c1-11(27)24-18-13(21)6-7-14(17(18)22)26(9-12-4-2-3-5-12)20(30)25-19-23-8-16(32-19)31-10-15(28)29/h6-8,12H,2-5,9-10H2,1H3,(H,24,27)(H,28,29)(H,23,25,30). The van der Waals surface area contributed by atoms with Crippen LogP contribution in [0.15, 0.2) is 22.5 Å². The van der Waals surface area contributed by atoms with Gasteiger partial charge in [-0.1, -0.05) is 24.2 Å². The predicted molar refractivity (Wildman–Crippen MR) is 119 cm³/mol. The summed E-state index contributed by atoms with van der Waals surface area (Å²) in [6.45, 7) is 1.36. The van der Waals surface area contributed by atoms with Crippen molar-refractivity contribution in [1.29, 1.82) is 0 Å². The Morgan fingerprint density at radius 1 is 1.25 bits per heavy atom. The molecule has 3 amide bonds. The van der Waals surface area contributed by atoms with Crippen molar-refractivity contribution in [2.45, 2.75) is 36.8 Å². The number of nitrogens with zero attached hydrogens (tertiary/aromatic N) is 2. The molecule has 0 atom stereocenters. The van der Waals surface area contributed by atoms with Crippen LogP contribution in [0.2, 0.25) is 0 Å². The largest absolute Gasteiger partial charge is 0.481 e. The molecule has 1 aliphatic carbocycles. The number of carboxylic acid groups (broad SMARTS) is 1. The van der Waals surface area contributed by atoms with E-state index < -0.39 is 35.2 Å². The van der Waals surface area contributed by atoms with E-state index in [1.165, 1.54) is 17.2 Å². The topological polar surface area (TPSA) is 112 Å². The zero-order valence-corrected chi connectivity index (χ0v) is 18.8. The number of carbonyl (C=O) groups excluding carboxylic acids is 2. The molecule has 0 saturated heterocycles. The molecule has 1 aromatic carbocycles. The van der Waals surface area contributed by atoms with Crippen molar-refractivity contribution in [3.8, 4) is 0 Å². The second kappa shape index (κ2) is 10.7. The smallest absolute Gasteiger partial charge is 0.328 e. The summed E-state index contributed by atoms with van der Waals surface area (Å²) in [7, 11) is 0. The van der Waals surface area contributed by atoms with Crippen LogP contribution >= 0.6 is 23.1 Å². The van der Waals surface area contributed by atoms with Crippen molar-refractivity contribution in [3.05, 3.63) is 30.0 Å². The van der Waals surface area contributed by atoms with Gasteiger partial charge < -0.3 is 10.4 Å². The highest BCUT2D eigenvalue weighted by Gasteiger charge is 2.28. The van der Waals surface area contributed by atoms with Gasteiger partial charge in [0.25, 0.3) is 0 Å². The van der Waals surface area contributed by atoms with Gasteiger partial charge >= 0.3 is 12.0 Å². The Bertz CT molecular complexity index is 1010. The van der Waals surface area contributed by atoms with Crippen LogP contribution in [0.1, 0.15) is 32.6 Å². The Kier molecular flexibility index (Phi) is 8.02. The maximum Gasteiger partial charge on any atom is 0.328 e. The van der Waals surface area contributed by atoms with Crippen LogP contribution in [0, 0.1) is 17.6 Å². The molecule has 1 fully saturated rings. The number of hydrogen-bond donors (Lipinski definition) is 3. The molecule has 32 heavy (non-hydrogen) atoms. The number of aliphatic carboxylic acids is 1. The first-order valence-electron chi connectivity index (χ1n) is 9.89. The molecule has 0 unspecified atom stereocenters. The number of urea groups is 1. The molecule has 1 saturated carbocycles. The van der Waals surface area contributed by atoms with Gasteiger partial charge in [0.2, 0.25) is 5.91 Å². The molecule has 0 aliphatic heterocycles. The van der Waals surface area contributed by atoms with Crippen molar-refractivity contribution in [3.63, 3.8) is 0 Å². The van der Waals surface area contributed by atoms with Crippen LogP contribution in [-0.2, 0) is 9.59 Å². The number of carboxylic acids is 1. The number of amides is 3. The fourth-order valence-corrected chi connectivity index (χ4v) is 5.04. The Hall–Kier alpha value is -2.73. The van der Waals surface area contributed by atoms with Crippen molar-refractivity contribution in [2.75, 3.05) is 27.8 Å². The van der Waals surface area contributed by atoms with Gasteiger partial charge in [-0.05, 0) is 30.9 Å². The minimum Gasteiger partial charge on any atom is -0.481 e. The number of benzene rings is 1. The Labute approximate surface area is 191 Å². The van der Waals surface area contributed by atoms with E-state index in [2.05, 4.69) is 15.6 Å². The second-order valence-corrected chi connectivity index (χ2v) is 9.60. The Balaban J connectivity index is 1.85. The minimum atomic E-state index is -1.04. The summed E-state index contributed by atoms with van der Waals surface area (Å²) >= 11 is 2.16. The molecule has 1 heterocycles. The van der Waals surface area contributed by atoms with E-state index in [-0.39, 0.29) is 29.0 Å². The summed E-state index contributed by atoms with van der Waals surface area (Å²) in [5.41, 5.74) is -0.766. The van der Waals surface area contributed by atoms with Crippen LogP contribution in [0.4, 0.5) is 30.1 Å². The highest BCUT2D eigenvalue weighted by Crippen LogP contribution is 2.33. The number of carbonyl (C=O) groups is 3. The van der Waals surface area contributed by atoms with E-state index in [4.69, 9.17) is 5.11 Å². The molecule has 8 nitrogen and oxygen atoms in total. The lowest BCUT2D eigenvalue weighted by molar-refractivity contribution is -0.133. The summed E-state index contributed by atoms with van der Waals surface area (Å²) in [6, 6.07) is 1.52. The number of aromatic nitrogens is 1. The van der Waals surface area contributed by atoms with E-state index in [1.54, 1.807) is 0 Å². The number of thiazole rings is 1. The first-order valence-corrected chi connectivity index (χ1v) is 11.7. The van der Waals surface area contributed by atoms with Crippen LogP contribution < -0.4 is 15.5 Å². The molecular weight excluding hydrogens is 462 g/mol. The average Bonchev–Trinajstić information content (AvgIpc) is 3.40. The fourth-order valence-electron chi connectivity index (χ4n) is 3.46. The van der Waals surface area contributed by atoms with Gasteiger partial charge in [0.05, 0.1) is 21.8 Å². The summed E-state index contributed by atoms with van der Waals surface area (Å²) in [5.74, 6) is -3.57. The maximum absolute atomic E-state index is 15.1. The number of rotatable bonds is 8. The number of nitrogens with one attached hydrogen (secondary N) is 2. The fraction of sp³-hybridized carbons (Fsp3) is 0.400. The third kappa shape index (κ3) is 6.16. The van der Waals surface area contributed by atoms with Gasteiger partial charge in [0.1, 0.15) is 11.5 Å². The second-order valence-electron chi connectivity index (χ2n) is 7.29. The first-order chi connectivity index (χ1) is 15.2. The normalized spacial score (nSPS) is 13.7. The lowest BCUT2D eigenvalue weighted by Gasteiger charge is -2.26. The van der Waals surface area contributed by atoms with Crippen LogP contribution in [0.5, 0.6) is 0 Å². The van der Waals surface area contributed by atoms with Crippen molar-refractivity contribution < 1.29 is 28.3 Å². The van der Waals surface area contributed by atoms with E-state index in [0.717, 1.165) is 61.8 Å². The summed E-state index contributed by atoms with van der Waals surface area (Å²) in [6.07, 6.45) is 5.25. The molecule has 0 spiro atoms. The van der Waals surface area contributed by atoms with E-state index in [1.807, 2.05) is 0 Å². The SMILES string of the molecule is CC(=O)Nc1c(F)ccc(N(CC2CCCC2)C(=O)Nc2ncc(SCC(=O)O)s2)c1F. The van der Waals surface area contributed by atoms with Gasteiger partial charge in [-0.3, -0.25) is 19.8 Å². The molecule has 1 aliphatic rings. The molecule has 12 heteroatoms.